The van der Waals surface area contributed by atoms with Crippen LogP contribution in [0.2, 0.25) is 0 Å². The highest BCUT2D eigenvalue weighted by molar-refractivity contribution is 7.12. The Morgan fingerprint density at radius 2 is 2.09 bits per heavy atom. The summed E-state index contributed by atoms with van der Waals surface area (Å²) in [7, 11) is 0. The highest BCUT2D eigenvalue weighted by Gasteiger charge is 2.25. The molecule has 1 unspecified atom stereocenters. The molecule has 2 rings (SSSR count). The van der Waals surface area contributed by atoms with E-state index in [-0.39, 0.29) is 6.09 Å². The smallest absolute Gasteiger partial charge is 0.410 e. The molecule has 0 saturated carbocycles. The van der Waals surface area contributed by atoms with E-state index in [1.54, 1.807) is 0 Å². The first-order chi connectivity index (χ1) is 10.7. The summed E-state index contributed by atoms with van der Waals surface area (Å²) in [5.74, 6) is 0. The van der Waals surface area contributed by atoms with Crippen LogP contribution in [0.5, 0.6) is 0 Å². The Kier molecular flexibility index (Phi) is 6.09. The lowest BCUT2D eigenvalue weighted by Crippen LogP contribution is -2.38. The fraction of sp³-hybridized carbons (Fsp3) is 0.722. The molecule has 0 radical (unpaired) electrons. The van der Waals surface area contributed by atoms with Gasteiger partial charge in [-0.2, -0.15) is 0 Å². The molecule has 1 fully saturated rings. The largest absolute Gasteiger partial charge is 0.444 e. The van der Waals surface area contributed by atoms with Crippen molar-refractivity contribution in [1.29, 1.82) is 0 Å². The Hall–Kier alpha value is -1.07. The number of nitrogens with zero attached hydrogens (tertiary/aromatic N) is 1. The van der Waals surface area contributed by atoms with Crippen molar-refractivity contribution < 1.29 is 9.53 Å². The van der Waals surface area contributed by atoms with Gasteiger partial charge in [-0.25, -0.2) is 4.79 Å². The van der Waals surface area contributed by atoms with E-state index in [1.165, 1.54) is 15.3 Å². The molecule has 1 N–H and O–H groups in total. The van der Waals surface area contributed by atoms with Crippen LogP contribution in [0, 0.1) is 13.8 Å². The van der Waals surface area contributed by atoms with Crippen molar-refractivity contribution in [2.24, 2.45) is 0 Å². The van der Waals surface area contributed by atoms with Crippen LogP contribution in [-0.2, 0) is 11.3 Å². The quantitative estimate of drug-likeness (QED) is 0.896. The van der Waals surface area contributed by atoms with Gasteiger partial charge in [0.2, 0.25) is 0 Å². The second-order valence-corrected chi connectivity index (χ2v) is 8.88. The van der Waals surface area contributed by atoms with Gasteiger partial charge < -0.3 is 15.0 Å². The third kappa shape index (κ3) is 5.81. The van der Waals surface area contributed by atoms with E-state index >= 15 is 0 Å². The standard InChI is InChI=1S/C18H30N2O2S/c1-13-11-15(14(2)23-13)12-19-16-7-6-9-20(10-8-16)17(21)22-18(3,4)5/h11,16,19H,6-10,12H2,1-5H3. The molecule has 4 nitrogen and oxygen atoms in total. The van der Waals surface area contributed by atoms with Gasteiger partial charge in [0, 0.05) is 35.4 Å². The molecule has 1 amide bonds. The number of thiophene rings is 1. The molecule has 1 saturated heterocycles. The summed E-state index contributed by atoms with van der Waals surface area (Å²) in [5, 5.41) is 3.67. The van der Waals surface area contributed by atoms with Crippen molar-refractivity contribution in [3.05, 3.63) is 21.4 Å². The van der Waals surface area contributed by atoms with Crippen LogP contribution in [0.3, 0.4) is 0 Å². The van der Waals surface area contributed by atoms with E-state index < -0.39 is 5.60 Å². The highest BCUT2D eigenvalue weighted by atomic mass is 32.1. The topological polar surface area (TPSA) is 41.6 Å². The molecular formula is C18H30N2O2S. The van der Waals surface area contributed by atoms with E-state index in [0.29, 0.717) is 6.04 Å². The summed E-state index contributed by atoms with van der Waals surface area (Å²) in [6.07, 6.45) is 2.95. The molecule has 0 spiro atoms. The molecule has 5 heteroatoms. The number of carbonyl (C=O) groups excluding carboxylic acids is 1. The normalized spacial score (nSPS) is 19.5. The molecule has 0 aromatic carbocycles. The van der Waals surface area contributed by atoms with E-state index in [9.17, 15) is 4.79 Å². The summed E-state index contributed by atoms with van der Waals surface area (Å²) in [5.41, 5.74) is 0.982. The van der Waals surface area contributed by atoms with Crippen LogP contribution in [0.1, 0.15) is 55.4 Å². The zero-order chi connectivity index (χ0) is 17.0. The minimum absolute atomic E-state index is 0.178. The summed E-state index contributed by atoms with van der Waals surface area (Å²) >= 11 is 1.86. The van der Waals surface area contributed by atoms with Gasteiger partial charge in [-0.05, 0) is 65.5 Å². The molecule has 1 aromatic rings. The van der Waals surface area contributed by atoms with Crippen molar-refractivity contribution in [2.75, 3.05) is 13.1 Å². The lowest BCUT2D eigenvalue weighted by molar-refractivity contribution is 0.0256. The number of hydrogen-bond donors (Lipinski definition) is 1. The Labute approximate surface area is 144 Å². The second kappa shape index (κ2) is 7.67. The number of aryl methyl sites for hydroxylation is 2. The van der Waals surface area contributed by atoms with Gasteiger partial charge >= 0.3 is 6.09 Å². The van der Waals surface area contributed by atoms with Gasteiger partial charge in [0.25, 0.3) is 0 Å². The average Bonchev–Trinajstić information content (AvgIpc) is 2.63. The number of amides is 1. The third-order valence-corrected chi connectivity index (χ3v) is 5.11. The second-order valence-electron chi connectivity index (χ2n) is 7.41. The minimum atomic E-state index is -0.421. The van der Waals surface area contributed by atoms with Crippen molar-refractivity contribution in [1.82, 2.24) is 10.2 Å². The molecule has 1 atom stereocenters. The Bertz CT molecular complexity index is 534. The summed E-state index contributed by atoms with van der Waals surface area (Å²) in [6.45, 7) is 12.6. The maximum Gasteiger partial charge on any atom is 0.410 e. The molecule has 0 aliphatic carbocycles. The van der Waals surface area contributed by atoms with Gasteiger partial charge in [0.1, 0.15) is 5.60 Å². The maximum absolute atomic E-state index is 12.2. The first kappa shape index (κ1) is 18.3. The first-order valence-corrected chi connectivity index (χ1v) is 9.33. The number of hydrogen-bond acceptors (Lipinski definition) is 4. The van der Waals surface area contributed by atoms with Crippen LogP contribution >= 0.6 is 11.3 Å². The SMILES string of the molecule is Cc1cc(CNC2CCCN(C(=O)OC(C)(C)C)CC2)c(C)s1. The van der Waals surface area contributed by atoms with E-state index in [1.807, 2.05) is 37.0 Å². The van der Waals surface area contributed by atoms with Crippen LogP contribution in [0.25, 0.3) is 0 Å². The predicted molar refractivity (Wildman–Crippen MR) is 96.1 cm³/mol. The lowest BCUT2D eigenvalue weighted by Gasteiger charge is -2.26. The number of nitrogens with one attached hydrogen (secondary N) is 1. The fourth-order valence-electron chi connectivity index (χ4n) is 2.92. The van der Waals surface area contributed by atoms with Crippen LogP contribution < -0.4 is 5.32 Å². The third-order valence-electron chi connectivity index (χ3n) is 4.10. The fourth-order valence-corrected chi connectivity index (χ4v) is 3.87. The first-order valence-electron chi connectivity index (χ1n) is 8.52. The Balaban J connectivity index is 1.82. The molecule has 2 heterocycles. The molecule has 1 aliphatic rings. The molecule has 1 aromatic heterocycles. The van der Waals surface area contributed by atoms with Gasteiger partial charge in [0.15, 0.2) is 0 Å². The summed E-state index contributed by atoms with van der Waals surface area (Å²) in [6, 6.07) is 2.75. The van der Waals surface area contributed by atoms with Gasteiger partial charge in [0.05, 0.1) is 0 Å². The van der Waals surface area contributed by atoms with Crippen LogP contribution in [-0.4, -0.2) is 35.7 Å². The van der Waals surface area contributed by atoms with Gasteiger partial charge in [-0.1, -0.05) is 0 Å². The number of rotatable bonds is 3. The van der Waals surface area contributed by atoms with E-state index in [4.69, 9.17) is 4.74 Å². The average molecular weight is 339 g/mol. The van der Waals surface area contributed by atoms with Gasteiger partial charge in [-0.15, -0.1) is 11.3 Å². The van der Waals surface area contributed by atoms with Crippen molar-refractivity contribution in [3.8, 4) is 0 Å². The molecule has 1 aliphatic heterocycles. The number of carbonyl (C=O) groups is 1. The zero-order valence-corrected chi connectivity index (χ0v) is 15.9. The molecule has 0 bridgehead atoms. The van der Waals surface area contributed by atoms with Crippen molar-refractivity contribution in [3.63, 3.8) is 0 Å². The Morgan fingerprint density at radius 3 is 2.70 bits per heavy atom. The van der Waals surface area contributed by atoms with Crippen LogP contribution in [0.15, 0.2) is 6.07 Å². The molecule has 23 heavy (non-hydrogen) atoms. The van der Waals surface area contributed by atoms with Gasteiger partial charge in [-0.3, -0.25) is 0 Å². The van der Waals surface area contributed by atoms with Crippen molar-refractivity contribution in [2.45, 2.75) is 72.1 Å². The number of ether oxygens (including phenoxy) is 1. The Morgan fingerprint density at radius 1 is 1.35 bits per heavy atom. The summed E-state index contributed by atoms with van der Waals surface area (Å²) in [4.78, 5) is 16.8. The maximum atomic E-state index is 12.2. The minimum Gasteiger partial charge on any atom is -0.444 e. The molecule has 130 valence electrons. The molecular weight excluding hydrogens is 308 g/mol. The lowest BCUT2D eigenvalue weighted by atomic mass is 10.1. The van der Waals surface area contributed by atoms with Crippen molar-refractivity contribution >= 4 is 17.4 Å². The van der Waals surface area contributed by atoms with Crippen LogP contribution in [0.4, 0.5) is 4.79 Å². The van der Waals surface area contributed by atoms with E-state index in [2.05, 4.69) is 25.2 Å². The monoisotopic (exact) mass is 338 g/mol. The zero-order valence-electron chi connectivity index (χ0n) is 15.1. The predicted octanol–water partition coefficient (Wildman–Crippen LogP) is 4.24. The number of likely N-dealkylation sites (tertiary alicyclic amines) is 1. The summed E-state index contributed by atoms with van der Waals surface area (Å²) < 4.78 is 5.48. The van der Waals surface area contributed by atoms with E-state index in [0.717, 1.165) is 38.9 Å². The highest BCUT2D eigenvalue weighted by Crippen LogP contribution is 2.21.